The Labute approximate surface area is 140 Å². The minimum absolute atomic E-state index is 0.0247. The van der Waals surface area contributed by atoms with E-state index >= 15 is 0 Å². The van der Waals surface area contributed by atoms with Crippen molar-refractivity contribution in [3.63, 3.8) is 0 Å². The van der Waals surface area contributed by atoms with Crippen LogP contribution in [0.15, 0.2) is 67.3 Å². The number of allylic oxidation sites excluding steroid dienone is 2. The summed E-state index contributed by atoms with van der Waals surface area (Å²) in [4.78, 5) is 0. The van der Waals surface area contributed by atoms with Crippen LogP contribution in [0.5, 0.6) is 0 Å². The van der Waals surface area contributed by atoms with Gasteiger partial charge in [-0.25, -0.2) is 0 Å². The molecule has 0 aromatic heterocycles. The first-order chi connectivity index (χ1) is 11.1. The fraction of sp³-hybridized carbons (Fsp3) is 0.190. The third-order valence-electron chi connectivity index (χ3n) is 4.82. The third-order valence-corrected chi connectivity index (χ3v) is 4.82. The summed E-state index contributed by atoms with van der Waals surface area (Å²) in [5.74, 6) is 0. The van der Waals surface area contributed by atoms with Gasteiger partial charge in [0.2, 0.25) is 5.69 Å². The van der Waals surface area contributed by atoms with Gasteiger partial charge < -0.3 is 0 Å². The molecule has 0 fully saturated rings. The molecule has 0 amide bonds. The first-order valence-electron chi connectivity index (χ1n) is 8.12. The zero-order chi connectivity index (χ0) is 16.4. The average Bonchev–Trinajstić information content (AvgIpc) is 2.75. The Morgan fingerprint density at radius 1 is 1.13 bits per heavy atom. The monoisotopic (exact) mass is 300 g/mol. The zero-order valence-electron chi connectivity index (χ0n) is 14.2. The first-order valence-corrected chi connectivity index (χ1v) is 8.12. The molecule has 0 bridgehead atoms. The van der Waals surface area contributed by atoms with E-state index in [1.807, 2.05) is 12.1 Å². The van der Waals surface area contributed by atoms with Crippen LogP contribution < -0.4 is 5.46 Å². The molecular weight excluding hydrogens is 277 g/mol. The normalized spacial score (nSPS) is 20.1. The molecule has 0 spiro atoms. The van der Waals surface area contributed by atoms with Crippen LogP contribution >= 0.6 is 0 Å². The van der Waals surface area contributed by atoms with Crippen molar-refractivity contribution in [3.05, 3.63) is 78.4 Å². The highest BCUT2D eigenvalue weighted by atomic mass is 15.0. The van der Waals surface area contributed by atoms with E-state index in [0.29, 0.717) is 0 Å². The standard InChI is InChI=1S/C21H23BN/c1-4-14-21(2)18-15-17(22)11-12-19(18)23(3)20(21)13-10-16-8-6-5-7-9-16/h4-13,15H,1,14,22H2,2-3H3/q+1/b13-10+. The van der Waals surface area contributed by atoms with E-state index in [2.05, 4.69) is 87.6 Å². The topological polar surface area (TPSA) is 3.01 Å². The molecule has 0 saturated heterocycles. The van der Waals surface area contributed by atoms with Crippen molar-refractivity contribution in [1.82, 2.24) is 0 Å². The van der Waals surface area contributed by atoms with E-state index in [1.54, 1.807) is 0 Å². The minimum Gasteiger partial charge on any atom is -0.198 e. The molecule has 114 valence electrons. The van der Waals surface area contributed by atoms with Crippen molar-refractivity contribution < 1.29 is 4.58 Å². The molecule has 2 aromatic carbocycles. The van der Waals surface area contributed by atoms with Gasteiger partial charge in [0, 0.05) is 17.7 Å². The molecule has 3 rings (SSSR count). The molecular formula is C21H23BN+. The maximum atomic E-state index is 3.99. The van der Waals surface area contributed by atoms with Crippen molar-refractivity contribution in [2.24, 2.45) is 0 Å². The Morgan fingerprint density at radius 3 is 2.57 bits per heavy atom. The molecule has 1 unspecified atom stereocenters. The second kappa shape index (κ2) is 6.04. The van der Waals surface area contributed by atoms with E-state index in [9.17, 15) is 0 Å². The molecule has 0 aliphatic carbocycles. The predicted molar refractivity (Wildman–Crippen MR) is 103 cm³/mol. The summed E-state index contributed by atoms with van der Waals surface area (Å²) in [6.07, 6.45) is 7.42. The highest BCUT2D eigenvalue weighted by molar-refractivity contribution is 6.32. The van der Waals surface area contributed by atoms with Crippen molar-refractivity contribution >= 4 is 30.8 Å². The molecule has 0 N–H and O–H groups in total. The Bertz CT molecular complexity index is 802. The molecule has 1 aliphatic rings. The predicted octanol–water partition coefficient (Wildman–Crippen LogP) is 3.22. The summed E-state index contributed by atoms with van der Waals surface area (Å²) < 4.78 is 2.32. The average molecular weight is 300 g/mol. The maximum absolute atomic E-state index is 3.99. The van der Waals surface area contributed by atoms with Crippen molar-refractivity contribution in [1.29, 1.82) is 0 Å². The minimum atomic E-state index is -0.0247. The lowest BCUT2D eigenvalue weighted by molar-refractivity contribution is -0.401. The fourth-order valence-electron chi connectivity index (χ4n) is 3.56. The van der Waals surface area contributed by atoms with E-state index in [4.69, 9.17) is 0 Å². The van der Waals surface area contributed by atoms with E-state index in [0.717, 1.165) is 6.42 Å². The van der Waals surface area contributed by atoms with Gasteiger partial charge in [0.1, 0.15) is 14.9 Å². The van der Waals surface area contributed by atoms with Gasteiger partial charge in [-0.05, 0) is 25.0 Å². The highest BCUT2D eigenvalue weighted by Crippen LogP contribution is 2.41. The molecule has 2 aromatic rings. The summed E-state index contributed by atoms with van der Waals surface area (Å²) in [5, 5.41) is 0. The van der Waals surface area contributed by atoms with Crippen LogP contribution in [-0.4, -0.2) is 25.2 Å². The number of benzene rings is 2. The van der Waals surface area contributed by atoms with Crippen molar-refractivity contribution in [2.75, 3.05) is 7.05 Å². The Morgan fingerprint density at radius 2 is 1.87 bits per heavy atom. The Hall–Kier alpha value is -2.35. The lowest BCUT2D eigenvalue weighted by Gasteiger charge is -2.20. The Kier molecular flexibility index (Phi) is 4.08. The van der Waals surface area contributed by atoms with Gasteiger partial charge >= 0.3 is 0 Å². The summed E-state index contributed by atoms with van der Waals surface area (Å²) in [6.45, 7) is 6.31. The molecule has 0 radical (unpaired) electrons. The summed E-state index contributed by atoms with van der Waals surface area (Å²) >= 11 is 0. The second-order valence-corrected chi connectivity index (χ2v) is 6.53. The lowest BCUT2D eigenvalue weighted by Crippen LogP contribution is -2.30. The van der Waals surface area contributed by atoms with Crippen LogP contribution in [0, 0.1) is 0 Å². The first kappa shape index (κ1) is 15.5. The number of hydrogen-bond acceptors (Lipinski definition) is 0. The maximum Gasteiger partial charge on any atom is 0.209 e. The van der Waals surface area contributed by atoms with Crippen LogP contribution in [0.3, 0.4) is 0 Å². The van der Waals surface area contributed by atoms with Gasteiger partial charge in [0.25, 0.3) is 0 Å². The quantitative estimate of drug-likeness (QED) is 0.463. The molecule has 1 nitrogen and oxygen atoms in total. The number of hydrogen-bond donors (Lipinski definition) is 0. The molecule has 2 heteroatoms. The summed E-state index contributed by atoms with van der Waals surface area (Å²) in [6, 6.07) is 17.2. The van der Waals surface area contributed by atoms with Crippen LogP contribution in [0.1, 0.15) is 24.5 Å². The van der Waals surface area contributed by atoms with Gasteiger partial charge in [0.05, 0.1) is 5.41 Å². The van der Waals surface area contributed by atoms with E-state index in [1.165, 1.54) is 28.0 Å². The SMILES string of the molecule is Bc1ccc2c(c1)C(C)(CC=C)C(/C=C/c1ccccc1)=[N+]2C. The van der Waals surface area contributed by atoms with Gasteiger partial charge in [-0.2, -0.15) is 4.58 Å². The van der Waals surface area contributed by atoms with Crippen LogP contribution in [0.2, 0.25) is 0 Å². The van der Waals surface area contributed by atoms with Crippen LogP contribution in [0.25, 0.3) is 6.08 Å². The molecule has 0 saturated carbocycles. The van der Waals surface area contributed by atoms with Gasteiger partial charge in [-0.15, -0.1) is 6.58 Å². The lowest BCUT2D eigenvalue weighted by atomic mass is 9.75. The fourth-order valence-corrected chi connectivity index (χ4v) is 3.56. The number of rotatable bonds is 4. The highest BCUT2D eigenvalue weighted by Gasteiger charge is 2.45. The summed E-state index contributed by atoms with van der Waals surface area (Å²) in [5.41, 5.74) is 6.52. The van der Waals surface area contributed by atoms with Crippen molar-refractivity contribution in [2.45, 2.75) is 18.8 Å². The smallest absolute Gasteiger partial charge is 0.198 e. The molecule has 1 atom stereocenters. The van der Waals surface area contributed by atoms with Gasteiger partial charge in [-0.3, -0.25) is 0 Å². The van der Waals surface area contributed by atoms with E-state index < -0.39 is 0 Å². The van der Waals surface area contributed by atoms with Crippen molar-refractivity contribution in [3.8, 4) is 0 Å². The number of fused-ring (bicyclic) bond motifs is 1. The van der Waals surface area contributed by atoms with E-state index in [-0.39, 0.29) is 5.41 Å². The molecule has 23 heavy (non-hydrogen) atoms. The second-order valence-electron chi connectivity index (χ2n) is 6.53. The third kappa shape index (κ3) is 2.70. The molecule has 1 aliphatic heterocycles. The van der Waals surface area contributed by atoms with Gasteiger partial charge in [-0.1, -0.05) is 54.0 Å². The largest absolute Gasteiger partial charge is 0.209 e. The van der Waals surface area contributed by atoms with Gasteiger partial charge in [0.15, 0.2) is 5.71 Å². The van der Waals surface area contributed by atoms with Crippen LogP contribution in [0.4, 0.5) is 5.69 Å². The zero-order valence-corrected chi connectivity index (χ0v) is 14.2. The number of nitrogens with zero attached hydrogens (tertiary/aromatic N) is 1. The van der Waals surface area contributed by atoms with Crippen LogP contribution in [-0.2, 0) is 5.41 Å². The molecule has 1 heterocycles. The summed E-state index contributed by atoms with van der Waals surface area (Å²) in [7, 11) is 4.32. The Balaban J connectivity index is 2.09.